The fraction of sp³-hybridized carbons (Fsp3) is 1.00. The zero-order valence-electron chi connectivity index (χ0n) is 7.29. The molecule has 0 aromatic carbocycles. The fourth-order valence-corrected chi connectivity index (χ4v) is 2.07. The summed E-state index contributed by atoms with van der Waals surface area (Å²) in [5, 5.41) is 0.510. The SMILES string of the molecule is CC1(C)CCC(F)(CBr)CC1. The van der Waals surface area contributed by atoms with Crippen molar-refractivity contribution in [1.82, 2.24) is 0 Å². The van der Waals surface area contributed by atoms with Gasteiger partial charge < -0.3 is 0 Å². The molecule has 0 radical (unpaired) electrons. The largest absolute Gasteiger partial charge is 0.243 e. The van der Waals surface area contributed by atoms with Gasteiger partial charge in [0.05, 0.1) is 0 Å². The fourth-order valence-electron chi connectivity index (χ4n) is 1.51. The van der Waals surface area contributed by atoms with Gasteiger partial charge in [-0.25, -0.2) is 4.39 Å². The smallest absolute Gasteiger partial charge is 0.120 e. The van der Waals surface area contributed by atoms with Crippen LogP contribution in [-0.4, -0.2) is 11.0 Å². The van der Waals surface area contributed by atoms with Gasteiger partial charge in [-0.2, -0.15) is 0 Å². The average molecular weight is 223 g/mol. The second kappa shape index (κ2) is 3.04. The molecule has 0 bridgehead atoms. The van der Waals surface area contributed by atoms with Gasteiger partial charge in [-0.1, -0.05) is 29.8 Å². The van der Waals surface area contributed by atoms with Crippen molar-refractivity contribution >= 4 is 15.9 Å². The summed E-state index contributed by atoms with van der Waals surface area (Å²) in [6.07, 6.45) is 3.50. The van der Waals surface area contributed by atoms with Crippen molar-refractivity contribution in [2.75, 3.05) is 5.33 Å². The maximum absolute atomic E-state index is 13.6. The maximum atomic E-state index is 13.6. The lowest BCUT2D eigenvalue weighted by molar-refractivity contribution is 0.0759. The minimum atomic E-state index is -0.907. The van der Waals surface area contributed by atoms with E-state index in [2.05, 4.69) is 29.8 Å². The topological polar surface area (TPSA) is 0 Å². The molecular weight excluding hydrogens is 207 g/mol. The van der Waals surface area contributed by atoms with Gasteiger partial charge in [-0.05, 0) is 31.1 Å². The molecule has 1 saturated carbocycles. The lowest BCUT2D eigenvalue weighted by Gasteiger charge is -2.37. The Labute approximate surface area is 76.7 Å². The third kappa shape index (κ3) is 2.43. The second-order valence-corrected chi connectivity index (χ2v) is 5.01. The van der Waals surface area contributed by atoms with Gasteiger partial charge >= 0.3 is 0 Å². The van der Waals surface area contributed by atoms with Crippen LogP contribution in [0.5, 0.6) is 0 Å². The molecule has 11 heavy (non-hydrogen) atoms. The Kier molecular flexibility index (Phi) is 2.63. The molecule has 0 heterocycles. The van der Waals surface area contributed by atoms with E-state index < -0.39 is 5.67 Å². The zero-order valence-corrected chi connectivity index (χ0v) is 8.88. The Bertz CT molecular complexity index is 132. The number of hydrogen-bond acceptors (Lipinski definition) is 0. The Morgan fingerprint density at radius 3 is 2.00 bits per heavy atom. The molecule has 66 valence electrons. The third-order valence-electron chi connectivity index (χ3n) is 2.74. The van der Waals surface area contributed by atoms with Crippen LogP contribution in [0.2, 0.25) is 0 Å². The molecule has 0 aliphatic heterocycles. The van der Waals surface area contributed by atoms with E-state index in [9.17, 15) is 4.39 Å². The van der Waals surface area contributed by atoms with Crippen LogP contribution in [0.25, 0.3) is 0 Å². The summed E-state index contributed by atoms with van der Waals surface area (Å²) in [4.78, 5) is 0. The molecule has 0 aromatic rings. The molecule has 0 aromatic heterocycles. The van der Waals surface area contributed by atoms with E-state index in [0.29, 0.717) is 10.7 Å². The lowest BCUT2D eigenvalue weighted by atomic mass is 9.72. The molecule has 0 unspecified atom stereocenters. The van der Waals surface area contributed by atoms with E-state index in [1.165, 1.54) is 0 Å². The van der Waals surface area contributed by atoms with Gasteiger partial charge in [0.25, 0.3) is 0 Å². The van der Waals surface area contributed by atoms with Crippen LogP contribution in [0, 0.1) is 5.41 Å². The quantitative estimate of drug-likeness (QED) is 0.594. The summed E-state index contributed by atoms with van der Waals surface area (Å²) >= 11 is 3.23. The molecule has 1 fully saturated rings. The highest BCUT2D eigenvalue weighted by Gasteiger charge is 2.37. The van der Waals surface area contributed by atoms with Crippen LogP contribution in [0.3, 0.4) is 0 Å². The Hall–Kier alpha value is 0.410. The second-order valence-electron chi connectivity index (χ2n) is 4.45. The van der Waals surface area contributed by atoms with Crippen LogP contribution in [0.1, 0.15) is 39.5 Å². The first-order chi connectivity index (χ1) is 4.97. The molecule has 0 atom stereocenters. The molecular formula is C9H16BrF. The summed E-state index contributed by atoms with van der Waals surface area (Å²) in [5.41, 5.74) is -0.534. The Morgan fingerprint density at radius 1 is 1.18 bits per heavy atom. The van der Waals surface area contributed by atoms with Crippen molar-refractivity contribution in [3.05, 3.63) is 0 Å². The standard InChI is InChI=1S/C9H16BrF/c1-8(2)3-5-9(11,7-10)6-4-8/h3-7H2,1-2H3. The van der Waals surface area contributed by atoms with Crippen molar-refractivity contribution < 1.29 is 4.39 Å². The molecule has 2 heteroatoms. The molecule has 1 rings (SSSR count). The zero-order chi connectivity index (χ0) is 8.54. The first-order valence-corrected chi connectivity index (χ1v) is 5.35. The van der Waals surface area contributed by atoms with E-state index in [0.717, 1.165) is 25.7 Å². The highest BCUT2D eigenvalue weighted by atomic mass is 79.9. The Balaban J connectivity index is 2.48. The lowest BCUT2D eigenvalue weighted by Crippen LogP contribution is -2.34. The predicted molar refractivity (Wildman–Crippen MR) is 49.9 cm³/mol. The van der Waals surface area contributed by atoms with E-state index >= 15 is 0 Å². The average Bonchev–Trinajstić information content (AvgIpc) is 1.97. The van der Waals surface area contributed by atoms with E-state index in [1.807, 2.05) is 0 Å². The van der Waals surface area contributed by atoms with Crippen LogP contribution >= 0.6 is 15.9 Å². The summed E-state index contributed by atoms with van der Waals surface area (Å²) < 4.78 is 13.6. The predicted octanol–water partition coefficient (Wildman–Crippen LogP) is 3.69. The minimum absolute atomic E-state index is 0.373. The van der Waals surface area contributed by atoms with Crippen LogP contribution < -0.4 is 0 Å². The van der Waals surface area contributed by atoms with Crippen molar-refractivity contribution in [3.8, 4) is 0 Å². The molecule has 1 aliphatic carbocycles. The van der Waals surface area contributed by atoms with E-state index in [4.69, 9.17) is 0 Å². The summed E-state index contributed by atoms with van der Waals surface area (Å²) in [6.45, 7) is 4.45. The highest BCUT2D eigenvalue weighted by Crippen LogP contribution is 2.42. The molecule has 1 aliphatic rings. The highest BCUT2D eigenvalue weighted by molar-refractivity contribution is 9.09. The van der Waals surface area contributed by atoms with Gasteiger partial charge in [0.15, 0.2) is 0 Å². The normalized spacial score (nSPS) is 28.4. The number of rotatable bonds is 1. The van der Waals surface area contributed by atoms with Gasteiger partial charge in [0.1, 0.15) is 5.67 Å². The molecule has 0 saturated heterocycles. The van der Waals surface area contributed by atoms with E-state index in [1.54, 1.807) is 0 Å². The van der Waals surface area contributed by atoms with Gasteiger partial charge in [-0.3, -0.25) is 0 Å². The van der Waals surface area contributed by atoms with Crippen LogP contribution in [0.4, 0.5) is 4.39 Å². The molecule has 0 spiro atoms. The monoisotopic (exact) mass is 222 g/mol. The van der Waals surface area contributed by atoms with Crippen molar-refractivity contribution in [1.29, 1.82) is 0 Å². The number of hydrogen-bond donors (Lipinski definition) is 0. The third-order valence-corrected chi connectivity index (χ3v) is 3.74. The maximum Gasteiger partial charge on any atom is 0.120 e. The minimum Gasteiger partial charge on any atom is -0.243 e. The first kappa shape index (κ1) is 9.50. The summed E-state index contributed by atoms with van der Waals surface area (Å²) in [7, 11) is 0. The van der Waals surface area contributed by atoms with Crippen molar-refractivity contribution in [2.24, 2.45) is 5.41 Å². The molecule has 0 amide bonds. The van der Waals surface area contributed by atoms with Crippen molar-refractivity contribution in [3.63, 3.8) is 0 Å². The Morgan fingerprint density at radius 2 is 1.64 bits per heavy atom. The number of halogens is 2. The van der Waals surface area contributed by atoms with Gasteiger partial charge in [0.2, 0.25) is 0 Å². The summed E-state index contributed by atoms with van der Waals surface area (Å²) in [5.74, 6) is 0. The first-order valence-electron chi connectivity index (χ1n) is 4.22. The van der Waals surface area contributed by atoms with Crippen LogP contribution in [-0.2, 0) is 0 Å². The van der Waals surface area contributed by atoms with Gasteiger partial charge in [-0.15, -0.1) is 0 Å². The summed E-state index contributed by atoms with van der Waals surface area (Å²) in [6, 6.07) is 0. The van der Waals surface area contributed by atoms with Crippen LogP contribution in [0.15, 0.2) is 0 Å². The molecule has 0 nitrogen and oxygen atoms in total. The molecule has 0 N–H and O–H groups in total. The van der Waals surface area contributed by atoms with E-state index in [-0.39, 0.29) is 0 Å². The van der Waals surface area contributed by atoms with Gasteiger partial charge in [0, 0.05) is 5.33 Å². The number of alkyl halides is 2. The van der Waals surface area contributed by atoms with Crippen molar-refractivity contribution in [2.45, 2.75) is 45.2 Å².